The van der Waals surface area contributed by atoms with Gasteiger partial charge >= 0.3 is 0 Å². The first-order valence-electron chi connectivity index (χ1n) is 11.3. The maximum Gasteiger partial charge on any atom is 0.0993 e. The van der Waals surface area contributed by atoms with Crippen LogP contribution in [0.25, 0.3) is 0 Å². The Balaban J connectivity index is 1.92. The van der Waals surface area contributed by atoms with Crippen molar-refractivity contribution >= 4 is 11.6 Å². The summed E-state index contributed by atoms with van der Waals surface area (Å²) in [5, 5.41) is 30.2. The maximum absolute atomic E-state index is 10.8. The first-order chi connectivity index (χ1) is 14.0. The van der Waals surface area contributed by atoms with Gasteiger partial charge in [0, 0.05) is 18.4 Å². The maximum atomic E-state index is 10.8. The molecule has 1 heterocycles. The lowest BCUT2D eigenvalue weighted by Gasteiger charge is -2.50. The Bertz CT molecular complexity index is 727. The molecule has 0 aromatic rings. The molecular weight excluding hydrogens is 400 g/mol. The van der Waals surface area contributed by atoms with Gasteiger partial charge in [0.15, 0.2) is 0 Å². The summed E-state index contributed by atoms with van der Waals surface area (Å²) in [7, 11) is 0. The molecule has 2 saturated carbocycles. The Morgan fingerprint density at radius 1 is 1.27 bits per heavy atom. The van der Waals surface area contributed by atoms with Crippen molar-refractivity contribution in [2.45, 2.75) is 83.2 Å². The normalized spacial score (nSPS) is 46.3. The Morgan fingerprint density at radius 2 is 1.93 bits per heavy atom. The van der Waals surface area contributed by atoms with Gasteiger partial charge < -0.3 is 20.1 Å². The highest BCUT2D eigenvalue weighted by Crippen LogP contribution is 2.64. The van der Waals surface area contributed by atoms with Crippen LogP contribution in [-0.4, -0.2) is 50.7 Å². The molecular formula is C25H39ClO4. The number of ether oxygens (including phenoxy) is 1. The van der Waals surface area contributed by atoms with Crippen molar-refractivity contribution in [3.63, 3.8) is 0 Å². The molecule has 4 nitrogen and oxygen atoms in total. The molecule has 5 heteroatoms. The molecule has 0 amide bonds. The Kier molecular flexibility index (Phi) is 6.97. The molecule has 10 atom stereocenters. The lowest BCUT2D eigenvalue weighted by atomic mass is 9.55. The molecule has 2 aliphatic carbocycles. The highest BCUT2D eigenvalue weighted by Gasteiger charge is 2.70. The van der Waals surface area contributed by atoms with Crippen molar-refractivity contribution in [3.8, 4) is 0 Å². The molecule has 170 valence electrons. The minimum Gasteiger partial charge on any atom is -0.396 e. The van der Waals surface area contributed by atoms with Crippen molar-refractivity contribution in [1.82, 2.24) is 0 Å². The number of rotatable bonds is 6. The Hall–Kier alpha value is -0.650. The van der Waals surface area contributed by atoms with Gasteiger partial charge in [0.05, 0.1) is 28.8 Å². The summed E-state index contributed by atoms with van der Waals surface area (Å²) < 4.78 is 6.33. The van der Waals surface area contributed by atoms with E-state index in [0.29, 0.717) is 18.3 Å². The van der Waals surface area contributed by atoms with Crippen LogP contribution in [0, 0.1) is 29.6 Å². The highest BCUT2D eigenvalue weighted by molar-refractivity contribution is 6.21. The van der Waals surface area contributed by atoms with E-state index in [2.05, 4.69) is 32.9 Å². The van der Waals surface area contributed by atoms with Gasteiger partial charge in [0.1, 0.15) is 0 Å². The SMILES string of the molecule is C/C=C(\C)[C@H]1[C@@H](/C=C/C=C(\C)[C@@H](O)[C@@H](C)CO)[C@@H]2C[C@H](Cl)[C@](C)(O)C[C@H]2[C@H]2O[C@]21C. The number of aliphatic hydroxyl groups excluding tert-OH is 2. The molecule has 0 unspecified atom stereocenters. The standard InChI is InChI=1S/C25H39ClO4/c1-7-14(2)21-17(10-8-9-15(3)22(28)16(4)13-27)18-11-20(26)24(5,29)12-19(18)23-25(21,6)30-23/h7-10,16-23,27-29H,11-13H2,1-6H3/b10-8+,14-7+,15-9+/t16-,17-,18-,19+,20-,21-,22+,23+,24+,25-/m0/s1. The summed E-state index contributed by atoms with van der Waals surface area (Å²) >= 11 is 6.63. The first-order valence-corrected chi connectivity index (χ1v) is 11.7. The van der Waals surface area contributed by atoms with Gasteiger partial charge in [0.2, 0.25) is 0 Å². The third-order valence-corrected chi connectivity index (χ3v) is 8.71. The quantitative estimate of drug-likeness (QED) is 0.251. The van der Waals surface area contributed by atoms with E-state index in [1.54, 1.807) is 0 Å². The van der Waals surface area contributed by atoms with Crippen LogP contribution in [0.1, 0.15) is 54.4 Å². The van der Waals surface area contributed by atoms with E-state index >= 15 is 0 Å². The fourth-order valence-corrected chi connectivity index (χ4v) is 6.30. The fraction of sp³-hybridized carbons (Fsp3) is 0.760. The average Bonchev–Trinajstić information content (AvgIpc) is 3.39. The molecule has 3 aliphatic rings. The van der Waals surface area contributed by atoms with E-state index in [-0.39, 0.29) is 41.4 Å². The zero-order valence-corrected chi connectivity index (χ0v) is 19.9. The van der Waals surface area contributed by atoms with Crippen LogP contribution in [0.5, 0.6) is 0 Å². The monoisotopic (exact) mass is 438 g/mol. The van der Waals surface area contributed by atoms with Crippen molar-refractivity contribution in [1.29, 1.82) is 0 Å². The second kappa shape index (κ2) is 8.71. The number of hydrogen-bond donors (Lipinski definition) is 3. The average molecular weight is 439 g/mol. The number of alkyl halides is 1. The number of halogens is 1. The molecule has 0 radical (unpaired) electrons. The first kappa shape index (κ1) is 24.0. The number of epoxide rings is 1. The zero-order chi connectivity index (χ0) is 22.4. The van der Waals surface area contributed by atoms with Gasteiger partial charge in [-0.15, -0.1) is 11.6 Å². The van der Waals surface area contributed by atoms with Gasteiger partial charge in [-0.1, -0.05) is 36.8 Å². The van der Waals surface area contributed by atoms with Crippen molar-refractivity contribution in [3.05, 3.63) is 35.5 Å². The number of allylic oxidation sites excluding steroid dienone is 4. The summed E-state index contributed by atoms with van der Waals surface area (Å²) in [5.74, 6) is 0.972. The molecule has 3 rings (SSSR count). The van der Waals surface area contributed by atoms with Crippen molar-refractivity contribution in [2.75, 3.05) is 6.61 Å². The molecule has 0 aromatic carbocycles. The second-order valence-electron chi connectivity index (χ2n) is 10.3. The smallest absolute Gasteiger partial charge is 0.0993 e. The molecule has 3 N–H and O–H groups in total. The van der Waals surface area contributed by atoms with E-state index < -0.39 is 11.7 Å². The van der Waals surface area contributed by atoms with Crippen LogP contribution in [0.4, 0.5) is 0 Å². The predicted octanol–water partition coefficient (Wildman–Crippen LogP) is 4.23. The van der Waals surface area contributed by atoms with Crippen LogP contribution in [0.2, 0.25) is 0 Å². The summed E-state index contributed by atoms with van der Waals surface area (Å²) in [6.45, 7) is 12.0. The second-order valence-corrected chi connectivity index (χ2v) is 10.8. The molecule has 0 aromatic heterocycles. The topological polar surface area (TPSA) is 73.2 Å². The minimum atomic E-state index is -0.868. The van der Waals surface area contributed by atoms with Crippen molar-refractivity contribution < 1.29 is 20.1 Å². The van der Waals surface area contributed by atoms with Crippen molar-refractivity contribution in [2.24, 2.45) is 29.6 Å². The van der Waals surface area contributed by atoms with Crippen LogP contribution < -0.4 is 0 Å². The van der Waals surface area contributed by atoms with Crippen LogP contribution in [0.15, 0.2) is 35.5 Å². The summed E-state index contributed by atoms with van der Waals surface area (Å²) in [6.07, 6.45) is 9.38. The minimum absolute atomic E-state index is 0.0425. The van der Waals surface area contributed by atoms with E-state index in [1.165, 1.54) is 5.57 Å². The molecule has 0 spiro atoms. The van der Waals surface area contributed by atoms with Gasteiger partial charge in [-0.3, -0.25) is 0 Å². The van der Waals surface area contributed by atoms with E-state index in [1.807, 2.05) is 32.9 Å². The van der Waals surface area contributed by atoms with E-state index in [0.717, 1.165) is 12.0 Å². The predicted molar refractivity (Wildman–Crippen MR) is 121 cm³/mol. The number of hydrogen-bond acceptors (Lipinski definition) is 4. The third kappa shape index (κ3) is 4.19. The summed E-state index contributed by atoms with van der Waals surface area (Å²) in [6, 6.07) is 0. The highest BCUT2D eigenvalue weighted by atomic mass is 35.5. The molecule has 3 fully saturated rings. The van der Waals surface area contributed by atoms with Crippen LogP contribution in [0.3, 0.4) is 0 Å². The molecule has 30 heavy (non-hydrogen) atoms. The zero-order valence-electron chi connectivity index (χ0n) is 19.2. The largest absolute Gasteiger partial charge is 0.396 e. The molecule has 1 saturated heterocycles. The summed E-state index contributed by atoms with van der Waals surface area (Å²) in [4.78, 5) is 0. The van der Waals surface area contributed by atoms with Gasteiger partial charge in [-0.2, -0.15) is 0 Å². The lowest BCUT2D eigenvalue weighted by molar-refractivity contribution is -0.0409. The van der Waals surface area contributed by atoms with Gasteiger partial charge in [-0.25, -0.2) is 0 Å². The Labute approximate surface area is 186 Å². The number of aliphatic hydroxyl groups is 3. The molecule has 0 bridgehead atoms. The molecule has 1 aliphatic heterocycles. The van der Waals surface area contributed by atoms with Crippen LogP contribution in [-0.2, 0) is 4.74 Å². The van der Waals surface area contributed by atoms with E-state index in [9.17, 15) is 15.3 Å². The lowest BCUT2D eigenvalue weighted by Crippen LogP contribution is -2.54. The third-order valence-electron chi connectivity index (χ3n) is 8.06. The van der Waals surface area contributed by atoms with Crippen LogP contribution >= 0.6 is 11.6 Å². The van der Waals surface area contributed by atoms with Gasteiger partial charge in [-0.05, 0) is 70.8 Å². The Morgan fingerprint density at radius 3 is 2.53 bits per heavy atom. The van der Waals surface area contributed by atoms with Gasteiger partial charge in [0.25, 0.3) is 0 Å². The summed E-state index contributed by atoms with van der Waals surface area (Å²) in [5.41, 5.74) is 1.10. The number of fused-ring (bicyclic) bond motifs is 3. The fourth-order valence-electron chi connectivity index (χ4n) is 6.00. The van der Waals surface area contributed by atoms with E-state index in [4.69, 9.17) is 16.3 Å².